The first-order chi connectivity index (χ1) is 15.5. The highest BCUT2D eigenvalue weighted by molar-refractivity contribution is 8.18. The highest BCUT2D eigenvalue weighted by Crippen LogP contribution is 2.34. The number of thioether (sulfide) groups is 1. The molecule has 1 saturated heterocycles. The van der Waals surface area contributed by atoms with E-state index in [-0.39, 0.29) is 5.91 Å². The largest absolute Gasteiger partial charge is 0.317 e. The normalized spacial score (nSPS) is 16.6. The van der Waals surface area contributed by atoms with Crippen molar-refractivity contribution in [3.05, 3.63) is 94.2 Å². The molecule has 0 N–H and O–H groups in total. The van der Waals surface area contributed by atoms with Crippen molar-refractivity contribution in [3.63, 3.8) is 0 Å². The summed E-state index contributed by atoms with van der Waals surface area (Å²) in [6, 6.07) is 19.6. The zero-order valence-corrected chi connectivity index (χ0v) is 19.1. The SMILES string of the molecule is Cc1ccc(-n2cccc2/C=C2\SC(=Nc3ccc4ncccc4c3)N(C)C2=O)cc1Cl. The number of hydrogen-bond acceptors (Lipinski definition) is 4. The predicted molar refractivity (Wildman–Crippen MR) is 133 cm³/mol. The van der Waals surface area contributed by atoms with Gasteiger partial charge in [0.15, 0.2) is 5.17 Å². The number of fused-ring (bicyclic) bond motifs is 1. The van der Waals surface area contributed by atoms with E-state index in [0.717, 1.165) is 33.5 Å². The number of halogens is 1. The molecule has 0 aliphatic carbocycles. The number of carbonyl (C=O) groups excluding carboxylic acids is 1. The van der Waals surface area contributed by atoms with Gasteiger partial charge in [-0.3, -0.25) is 14.7 Å². The number of carbonyl (C=O) groups is 1. The summed E-state index contributed by atoms with van der Waals surface area (Å²) in [4.78, 5) is 24.2. The fourth-order valence-corrected chi connectivity index (χ4v) is 4.65. The third-order valence-electron chi connectivity index (χ3n) is 5.31. The Morgan fingerprint density at radius 3 is 2.81 bits per heavy atom. The number of likely N-dealkylation sites (N-methyl/N-ethyl adjacent to an activating group) is 1. The molecule has 1 fully saturated rings. The molecule has 1 amide bonds. The van der Waals surface area contributed by atoms with E-state index in [9.17, 15) is 4.79 Å². The van der Waals surface area contributed by atoms with E-state index >= 15 is 0 Å². The van der Waals surface area contributed by atoms with Crippen molar-refractivity contribution >= 4 is 57.1 Å². The predicted octanol–water partition coefficient (Wildman–Crippen LogP) is 6.22. The van der Waals surface area contributed by atoms with E-state index in [4.69, 9.17) is 16.6 Å². The number of rotatable bonds is 3. The molecule has 0 bridgehead atoms. The molecule has 0 atom stereocenters. The number of benzene rings is 2. The summed E-state index contributed by atoms with van der Waals surface area (Å²) < 4.78 is 2.01. The van der Waals surface area contributed by atoms with Gasteiger partial charge in [-0.15, -0.1) is 0 Å². The first-order valence-electron chi connectivity index (χ1n) is 10.0. The second-order valence-corrected chi connectivity index (χ2v) is 8.90. The van der Waals surface area contributed by atoms with E-state index in [1.165, 1.54) is 11.8 Å². The maximum Gasteiger partial charge on any atom is 0.266 e. The Morgan fingerprint density at radius 2 is 1.97 bits per heavy atom. The Labute approximate surface area is 195 Å². The molecule has 32 heavy (non-hydrogen) atoms. The van der Waals surface area contributed by atoms with Crippen molar-refractivity contribution in [2.45, 2.75) is 6.92 Å². The summed E-state index contributed by atoms with van der Waals surface area (Å²) in [6.45, 7) is 1.97. The van der Waals surface area contributed by atoms with Gasteiger partial charge < -0.3 is 4.57 Å². The lowest BCUT2D eigenvalue weighted by Gasteiger charge is -2.09. The second-order valence-electron chi connectivity index (χ2n) is 7.49. The standard InChI is InChI=1S/C25H19ClN4OS/c1-16-7-9-20(14-21(16)26)30-12-4-6-19(30)15-23-24(31)29(2)25(32-23)28-18-8-10-22-17(13-18)5-3-11-27-22/h3-15H,1-2H3/b23-15-,28-25?. The van der Waals surface area contributed by atoms with Crippen LogP contribution in [0, 0.1) is 6.92 Å². The number of amidine groups is 1. The van der Waals surface area contributed by atoms with E-state index in [2.05, 4.69) is 4.98 Å². The van der Waals surface area contributed by atoms with Crippen LogP contribution >= 0.6 is 23.4 Å². The maximum atomic E-state index is 12.9. The van der Waals surface area contributed by atoms with Crippen LogP contribution in [-0.4, -0.2) is 32.6 Å². The molecule has 4 aromatic rings. The molecular weight excluding hydrogens is 440 g/mol. The van der Waals surface area contributed by atoms with Gasteiger partial charge in [-0.05, 0) is 78.9 Å². The monoisotopic (exact) mass is 458 g/mol. The van der Waals surface area contributed by atoms with Crippen LogP contribution in [0.15, 0.2) is 83.0 Å². The number of amides is 1. The highest BCUT2D eigenvalue weighted by atomic mass is 35.5. The summed E-state index contributed by atoms with van der Waals surface area (Å²) in [5, 5.41) is 2.36. The van der Waals surface area contributed by atoms with Crippen LogP contribution in [0.25, 0.3) is 22.7 Å². The maximum absolute atomic E-state index is 12.9. The topological polar surface area (TPSA) is 50.5 Å². The number of aliphatic imine (C=N–C) groups is 1. The zero-order valence-electron chi connectivity index (χ0n) is 17.5. The summed E-state index contributed by atoms with van der Waals surface area (Å²) in [5.74, 6) is -0.0779. The molecule has 2 aromatic heterocycles. The van der Waals surface area contributed by atoms with E-state index in [1.807, 2.05) is 84.4 Å². The van der Waals surface area contributed by atoms with Gasteiger partial charge in [-0.1, -0.05) is 23.7 Å². The summed E-state index contributed by atoms with van der Waals surface area (Å²) in [7, 11) is 1.75. The molecule has 2 aromatic carbocycles. The molecule has 1 aliphatic heterocycles. The molecular formula is C25H19ClN4OS. The van der Waals surface area contributed by atoms with Crippen LogP contribution in [0.4, 0.5) is 5.69 Å². The quantitative estimate of drug-likeness (QED) is 0.342. The highest BCUT2D eigenvalue weighted by Gasteiger charge is 2.30. The molecule has 1 aliphatic rings. The van der Waals surface area contributed by atoms with E-state index in [0.29, 0.717) is 15.1 Å². The lowest BCUT2D eigenvalue weighted by molar-refractivity contribution is -0.121. The van der Waals surface area contributed by atoms with Crippen LogP contribution in [0.3, 0.4) is 0 Å². The third-order valence-corrected chi connectivity index (χ3v) is 6.78. The van der Waals surface area contributed by atoms with Crippen molar-refractivity contribution < 1.29 is 4.79 Å². The Morgan fingerprint density at radius 1 is 1.09 bits per heavy atom. The van der Waals surface area contributed by atoms with Crippen molar-refractivity contribution in [2.24, 2.45) is 4.99 Å². The van der Waals surface area contributed by atoms with Crippen molar-refractivity contribution in [2.75, 3.05) is 7.05 Å². The average Bonchev–Trinajstić information content (AvgIpc) is 3.36. The second kappa shape index (κ2) is 8.30. The lowest BCUT2D eigenvalue weighted by atomic mass is 10.2. The van der Waals surface area contributed by atoms with E-state index < -0.39 is 0 Å². The van der Waals surface area contributed by atoms with Gasteiger partial charge in [-0.2, -0.15) is 0 Å². The minimum absolute atomic E-state index is 0.0779. The van der Waals surface area contributed by atoms with E-state index in [1.54, 1.807) is 18.1 Å². The minimum atomic E-state index is -0.0779. The van der Waals surface area contributed by atoms with Crippen LogP contribution in [0.2, 0.25) is 5.02 Å². The van der Waals surface area contributed by atoms with Crippen LogP contribution < -0.4 is 0 Å². The fourth-order valence-electron chi connectivity index (χ4n) is 3.51. The van der Waals surface area contributed by atoms with Crippen LogP contribution in [0.1, 0.15) is 11.3 Å². The van der Waals surface area contributed by atoms with Gasteiger partial charge in [0, 0.05) is 41.2 Å². The Balaban J connectivity index is 1.47. The Kier molecular flexibility index (Phi) is 5.33. The van der Waals surface area contributed by atoms with Gasteiger partial charge in [0.1, 0.15) is 0 Å². The van der Waals surface area contributed by atoms with Crippen molar-refractivity contribution in [1.29, 1.82) is 0 Å². The first-order valence-corrected chi connectivity index (χ1v) is 11.2. The Bertz CT molecular complexity index is 1420. The Hall–Kier alpha value is -3.35. The van der Waals surface area contributed by atoms with Crippen molar-refractivity contribution in [3.8, 4) is 5.69 Å². The molecule has 0 saturated carbocycles. The molecule has 0 unspecified atom stereocenters. The number of hydrogen-bond donors (Lipinski definition) is 0. The third kappa shape index (κ3) is 3.83. The van der Waals surface area contributed by atoms with Gasteiger partial charge >= 0.3 is 0 Å². The lowest BCUT2D eigenvalue weighted by Crippen LogP contribution is -2.23. The molecule has 5 rings (SSSR count). The summed E-state index contributed by atoms with van der Waals surface area (Å²) >= 11 is 7.68. The number of pyridine rings is 1. The number of aryl methyl sites for hydroxylation is 1. The smallest absolute Gasteiger partial charge is 0.266 e. The molecule has 158 valence electrons. The van der Waals surface area contributed by atoms with Gasteiger partial charge in [0.25, 0.3) is 5.91 Å². The van der Waals surface area contributed by atoms with Gasteiger partial charge in [-0.25, -0.2) is 4.99 Å². The molecule has 0 spiro atoms. The summed E-state index contributed by atoms with van der Waals surface area (Å²) in [6.07, 6.45) is 5.62. The van der Waals surface area contributed by atoms with Crippen LogP contribution in [-0.2, 0) is 4.79 Å². The fraction of sp³-hybridized carbons (Fsp3) is 0.0800. The van der Waals surface area contributed by atoms with Crippen LogP contribution in [0.5, 0.6) is 0 Å². The number of aromatic nitrogens is 2. The summed E-state index contributed by atoms with van der Waals surface area (Å²) in [5.41, 5.74) is 4.56. The zero-order chi connectivity index (χ0) is 22.2. The minimum Gasteiger partial charge on any atom is -0.317 e. The molecule has 7 heteroatoms. The number of nitrogens with zero attached hydrogens (tertiary/aromatic N) is 4. The van der Waals surface area contributed by atoms with Gasteiger partial charge in [0.2, 0.25) is 0 Å². The van der Waals surface area contributed by atoms with Crippen molar-refractivity contribution in [1.82, 2.24) is 14.5 Å². The molecule has 5 nitrogen and oxygen atoms in total. The molecule has 0 radical (unpaired) electrons. The van der Waals surface area contributed by atoms with Gasteiger partial charge in [0.05, 0.1) is 16.1 Å². The molecule has 3 heterocycles. The average molecular weight is 459 g/mol. The first kappa shape index (κ1) is 20.5.